The molecule has 146 valence electrons. The van der Waals surface area contributed by atoms with Gasteiger partial charge in [0.2, 0.25) is 0 Å². The first-order chi connectivity index (χ1) is 13.2. The molecule has 0 aliphatic heterocycles. The molecule has 1 aromatic carbocycles. The van der Waals surface area contributed by atoms with E-state index in [1.54, 1.807) is 22.7 Å². The predicted octanol–water partition coefficient (Wildman–Crippen LogP) is 6.14. The van der Waals surface area contributed by atoms with Crippen LogP contribution in [0.2, 0.25) is 0 Å². The number of nitrogens with zero attached hydrogens (tertiary/aromatic N) is 3. The highest BCUT2D eigenvalue weighted by Gasteiger charge is 2.32. The number of pyridine rings is 1. The van der Waals surface area contributed by atoms with Crippen molar-refractivity contribution in [3.8, 4) is 0 Å². The number of aromatic nitrogens is 2. The summed E-state index contributed by atoms with van der Waals surface area (Å²) in [5.41, 5.74) is 6.20. The Labute approximate surface area is 170 Å². The molecule has 0 unspecified atom stereocenters. The standard InChI is InChI=1S/C17H13BrF3N5OS/c1-2-28-16-14(23-13-6-4-10(18)8-26(13)16)24-15(27)11-7-9(17(19,20)21)3-5-12(11)25-22/h3-8,22H,2H2,1H3,(H,24,27). The second kappa shape index (κ2) is 7.92. The van der Waals surface area contributed by atoms with E-state index in [-0.39, 0.29) is 17.1 Å². The summed E-state index contributed by atoms with van der Waals surface area (Å²) in [6.45, 7) is 1.93. The summed E-state index contributed by atoms with van der Waals surface area (Å²) in [7, 11) is 0. The molecule has 0 fully saturated rings. The van der Waals surface area contributed by atoms with E-state index in [0.29, 0.717) is 22.5 Å². The van der Waals surface area contributed by atoms with E-state index in [1.807, 2.05) is 6.92 Å². The molecule has 3 aromatic rings. The number of anilines is 1. The summed E-state index contributed by atoms with van der Waals surface area (Å²) in [6.07, 6.45) is -2.83. The molecule has 28 heavy (non-hydrogen) atoms. The van der Waals surface area contributed by atoms with Gasteiger partial charge in [-0.05, 0) is 52.0 Å². The molecule has 2 heterocycles. The monoisotopic (exact) mass is 471 g/mol. The number of thioether (sulfide) groups is 1. The number of carbonyl (C=O) groups is 1. The van der Waals surface area contributed by atoms with Crippen LogP contribution in [0.15, 0.2) is 51.1 Å². The lowest BCUT2D eigenvalue weighted by Gasteiger charge is -2.11. The third-order valence-electron chi connectivity index (χ3n) is 3.74. The maximum Gasteiger partial charge on any atom is 0.416 e. The average molecular weight is 472 g/mol. The van der Waals surface area contributed by atoms with Crippen LogP contribution in [0, 0.1) is 5.53 Å². The van der Waals surface area contributed by atoms with Crippen molar-refractivity contribution in [2.45, 2.75) is 18.1 Å². The zero-order valence-corrected chi connectivity index (χ0v) is 16.7. The number of benzene rings is 1. The minimum atomic E-state index is -4.62. The van der Waals surface area contributed by atoms with Crippen molar-refractivity contribution in [2.75, 3.05) is 11.1 Å². The van der Waals surface area contributed by atoms with Gasteiger partial charge in [-0.2, -0.15) is 18.3 Å². The number of rotatable bonds is 5. The maximum atomic E-state index is 13.0. The first kappa shape index (κ1) is 20.3. The number of carbonyl (C=O) groups excluding carboxylic acids is 1. The lowest BCUT2D eigenvalue weighted by molar-refractivity contribution is -0.137. The molecule has 6 nitrogen and oxygen atoms in total. The van der Waals surface area contributed by atoms with Gasteiger partial charge < -0.3 is 5.32 Å². The molecule has 0 bridgehead atoms. The molecule has 2 N–H and O–H groups in total. The molecule has 3 rings (SSSR count). The minimum Gasteiger partial charge on any atom is -0.304 e. The third kappa shape index (κ3) is 4.04. The van der Waals surface area contributed by atoms with Gasteiger partial charge >= 0.3 is 6.18 Å². The van der Waals surface area contributed by atoms with Crippen molar-refractivity contribution in [3.05, 3.63) is 52.1 Å². The summed E-state index contributed by atoms with van der Waals surface area (Å²) in [5, 5.41) is 6.35. The highest BCUT2D eigenvalue weighted by Crippen LogP contribution is 2.34. The highest BCUT2D eigenvalue weighted by molar-refractivity contribution is 9.10. The fourth-order valence-corrected chi connectivity index (χ4v) is 3.65. The molecule has 0 atom stereocenters. The van der Waals surface area contributed by atoms with E-state index in [4.69, 9.17) is 5.53 Å². The Morgan fingerprint density at radius 1 is 1.36 bits per heavy atom. The Kier molecular flexibility index (Phi) is 5.75. The van der Waals surface area contributed by atoms with Gasteiger partial charge in [0.05, 0.1) is 16.8 Å². The zero-order chi connectivity index (χ0) is 20.5. The van der Waals surface area contributed by atoms with Gasteiger partial charge in [-0.1, -0.05) is 6.92 Å². The molecule has 0 saturated carbocycles. The Bertz CT molecular complexity index is 1070. The Balaban J connectivity index is 2.04. The van der Waals surface area contributed by atoms with Crippen LogP contribution >= 0.6 is 27.7 Å². The van der Waals surface area contributed by atoms with Gasteiger partial charge in [0.1, 0.15) is 10.7 Å². The number of halogens is 4. The first-order valence-corrected chi connectivity index (χ1v) is 9.73. The van der Waals surface area contributed by atoms with Gasteiger partial charge in [-0.3, -0.25) is 9.20 Å². The maximum absolute atomic E-state index is 13.0. The Morgan fingerprint density at radius 2 is 2.11 bits per heavy atom. The smallest absolute Gasteiger partial charge is 0.304 e. The van der Waals surface area contributed by atoms with E-state index in [1.165, 1.54) is 11.8 Å². The van der Waals surface area contributed by atoms with Crippen molar-refractivity contribution >= 4 is 50.8 Å². The summed E-state index contributed by atoms with van der Waals surface area (Å²) in [4.78, 5) is 17.0. The van der Waals surface area contributed by atoms with E-state index < -0.39 is 17.6 Å². The number of fused-ring (bicyclic) bond motifs is 1. The van der Waals surface area contributed by atoms with E-state index in [0.717, 1.165) is 16.6 Å². The second-order valence-corrected chi connectivity index (χ2v) is 7.74. The van der Waals surface area contributed by atoms with Gasteiger partial charge in [0.25, 0.3) is 5.91 Å². The summed E-state index contributed by atoms with van der Waals surface area (Å²) in [6, 6.07) is 5.99. The molecule has 0 aliphatic carbocycles. The molecule has 0 saturated heterocycles. The molecule has 0 radical (unpaired) electrons. The van der Waals surface area contributed by atoms with E-state index >= 15 is 0 Å². The van der Waals surface area contributed by atoms with Crippen LogP contribution in [0.4, 0.5) is 24.7 Å². The zero-order valence-electron chi connectivity index (χ0n) is 14.3. The molecule has 0 spiro atoms. The lowest BCUT2D eigenvalue weighted by atomic mass is 10.1. The topological polar surface area (TPSA) is 82.6 Å². The van der Waals surface area contributed by atoms with Crippen molar-refractivity contribution in [3.63, 3.8) is 0 Å². The lowest BCUT2D eigenvalue weighted by Crippen LogP contribution is -2.15. The molecule has 11 heteroatoms. The first-order valence-electron chi connectivity index (χ1n) is 7.95. The molecule has 1 amide bonds. The summed E-state index contributed by atoms with van der Waals surface area (Å²) < 4.78 is 41.6. The van der Waals surface area contributed by atoms with Crippen LogP contribution in [0.5, 0.6) is 0 Å². The average Bonchev–Trinajstić information content (AvgIpc) is 2.97. The van der Waals surface area contributed by atoms with Gasteiger partial charge in [0.15, 0.2) is 5.82 Å². The third-order valence-corrected chi connectivity index (χ3v) is 5.16. The number of hydrogen-bond donors (Lipinski definition) is 2. The van der Waals surface area contributed by atoms with Crippen molar-refractivity contribution < 1.29 is 18.0 Å². The fraction of sp³-hybridized carbons (Fsp3) is 0.176. The predicted molar refractivity (Wildman–Crippen MR) is 103 cm³/mol. The molecular weight excluding hydrogens is 459 g/mol. The van der Waals surface area contributed by atoms with Crippen LogP contribution in [0.25, 0.3) is 5.65 Å². The SMILES string of the molecule is CCSc1c(NC(=O)c2cc(C(F)(F)F)ccc2N=N)nc2ccc(Br)cn12. The van der Waals surface area contributed by atoms with Gasteiger partial charge in [-0.15, -0.1) is 11.8 Å². The quantitative estimate of drug-likeness (QED) is 0.346. The molecule has 2 aromatic heterocycles. The Morgan fingerprint density at radius 3 is 2.75 bits per heavy atom. The molecular formula is C17H13BrF3N5OS. The van der Waals surface area contributed by atoms with Crippen molar-refractivity contribution in [1.29, 1.82) is 5.53 Å². The van der Waals surface area contributed by atoms with Gasteiger partial charge in [-0.25, -0.2) is 10.5 Å². The summed E-state index contributed by atoms with van der Waals surface area (Å²) >= 11 is 4.80. The Hall–Kier alpha value is -2.40. The van der Waals surface area contributed by atoms with Crippen molar-refractivity contribution in [2.24, 2.45) is 5.11 Å². The largest absolute Gasteiger partial charge is 0.416 e. The second-order valence-electron chi connectivity index (χ2n) is 5.57. The number of amides is 1. The number of imidazole rings is 1. The van der Waals surface area contributed by atoms with Crippen LogP contribution in [0.1, 0.15) is 22.8 Å². The van der Waals surface area contributed by atoms with Crippen LogP contribution in [-0.4, -0.2) is 21.0 Å². The van der Waals surface area contributed by atoms with Crippen LogP contribution < -0.4 is 5.32 Å². The molecule has 0 aliphatic rings. The number of nitrogens with one attached hydrogen (secondary N) is 2. The van der Waals surface area contributed by atoms with E-state index in [9.17, 15) is 18.0 Å². The number of hydrogen-bond acceptors (Lipinski definition) is 5. The van der Waals surface area contributed by atoms with Crippen molar-refractivity contribution in [1.82, 2.24) is 9.38 Å². The summed E-state index contributed by atoms with van der Waals surface area (Å²) in [5.74, 6) is 0.0980. The minimum absolute atomic E-state index is 0.165. The normalized spacial score (nSPS) is 11.6. The fourth-order valence-electron chi connectivity index (χ4n) is 2.52. The van der Waals surface area contributed by atoms with Crippen LogP contribution in [-0.2, 0) is 6.18 Å². The van der Waals surface area contributed by atoms with Gasteiger partial charge in [0, 0.05) is 10.7 Å². The van der Waals surface area contributed by atoms with E-state index in [2.05, 4.69) is 31.3 Å². The van der Waals surface area contributed by atoms with Crippen LogP contribution in [0.3, 0.4) is 0 Å². The number of alkyl halides is 3. The highest BCUT2D eigenvalue weighted by atomic mass is 79.9.